The Bertz CT molecular complexity index is 1190. The number of benzene rings is 2. The average molecular weight is 453 g/mol. The van der Waals surface area contributed by atoms with E-state index in [2.05, 4.69) is 21.8 Å². The molecule has 1 amide bonds. The van der Waals surface area contributed by atoms with E-state index in [-0.39, 0.29) is 17.8 Å². The molecule has 0 unspecified atom stereocenters. The number of amides is 1. The second-order valence-corrected chi connectivity index (χ2v) is 8.06. The molecule has 1 aliphatic heterocycles. The van der Waals surface area contributed by atoms with Gasteiger partial charge in [-0.3, -0.25) is 4.79 Å². The topological polar surface area (TPSA) is 82.7 Å². The van der Waals surface area contributed by atoms with Gasteiger partial charge >= 0.3 is 6.18 Å². The minimum absolute atomic E-state index is 0.0310. The van der Waals surface area contributed by atoms with Crippen molar-refractivity contribution in [2.24, 2.45) is 0 Å². The third-order valence-electron chi connectivity index (χ3n) is 5.67. The summed E-state index contributed by atoms with van der Waals surface area (Å²) >= 11 is 0. The lowest BCUT2D eigenvalue weighted by Crippen LogP contribution is -2.36. The minimum Gasteiger partial charge on any atom is -0.363 e. The third-order valence-corrected chi connectivity index (χ3v) is 5.67. The third kappa shape index (κ3) is 4.85. The van der Waals surface area contributed by atoms with E-state index in [4.69, 9.17) is 5.26 Å². The van der Waals surface area contributed by atoms with Crippen LogP contribution in [-0.2, 0) is 6.42 Å². The van der Waals surface area contributed by atoms with Crippen molar-refractivity contribution in [1.29, 1.82) is 5.26 Å². The van der Waals surface area contributed by atoms with E-state index in [0.29, 0.717) is 24.1 Å². The second kappa shape index (κ2) is 8.98. The summed E-state index contributed by atoms with van der Waals surface area (Å²) in [6, 6.07) is 13.9. The summed E-state index contributed by atoms with van der Waals surface area (Å²) in [6.07, 6.45) is -2.71. The zero-order valence-electron chi connectivity index (χ0n) is 17.9. The first kappa shape index (κ1) is 22.4. The smallest absolute Gasteiger partial charge is 0.363 e. The van der Waals surface area contributed by atoms with Crippen LogP contribution < -0.4 is 10.6 Å². The average Bonchev–Trinajstić information content (AvgIpc) is 3.21. The van der Waals surface area contributed by atoms with E-state index in [1.54, 1.807) is 30.3 Å². The van der Waals surface area contributed by atoms with Crippen LogP contribution in [0.5, 0.6) is 0 Å². The van der Waals surface area contributed by atoms with Crippen molar-refractivity contribution in [3.05, 3.63) is 77.0 Å². The maximum atomic E-state index is 13.9. The number of rotatable bonds is 5. The lowest BCUT2D eigenvalue weighted by molar-refractivity contribution is -0.173. The molecule has 0 radical (unpaired) electrons. The van der Waals surface area contributed by atoms with Gasteiger partial charge in [-0.05, 0) is 36.6 Å². The number of halogens is 3. The van der Waals surface area contributed by atoms with Gasteiger partial charge in [0.2, 0.25) is 0 Å². The molecule has 0 aliphatic carbocycles. The molecule has 2 heterocycles. The standard InChI is InChI=1S/C24H22F3N5O/c1-15-7-9-17(10-8-15)20-13-21(24(25,26)27)32-22(31-20)19(14-29-32)23(33)30-18-6-2-4-16(12-18)5-3-11-28/h2,4,6-10,12,14,20-21,31H,3,5,13H2,1H3,(H,30,33)/t20-,21+/m0/s1. The normalized spacial score (nSPS) is 17.5. The summed E-state index contributed by atoms with van der Waals surface area (Å²) in [5, 5.41) is 18.5. The Hall–Kier alpha value is -3.80. The number of nitrogens with zero attached hydrogens (tertiary/aromatic N) is 3. The molecule has 3 aromatic rings. The van der Waals surface area contributed by atoms with Gasteiger partial charge in [0.25, 0.3) is 5.91 Å². The van der Waals surface area contributed by atoms with Gasteiger partial charge in [0.1, 0.15) is 11.4 Å². The number of hydrogen-bond acceptors (Lipinski definition) is 4. The first-order valence-electron chi connectivity index (χ1n) is 10.5. The van der Waals surface area contributed by atoms with Crippen molar-refractivity contribution < 1.29 is 18.0 Å². The molecule has 2 aromatic carbocycles. The number of nitrogens with one attached hydrogen (secondary N) is 2. The van der Waals surface area contributed by atoms with Crippen LogP contribution in [0.25, 0.3) is 0 Å². The van der Waals surface area contributed by atoms with E-state index in [1.807, 2.05) is 25.1 Å². The quantitative estimate of drug-likeness (QED) is 0.530. The van der Waals surface area contributed by atoms with Gasteiger partial charge in [-0.1, -0.05) is 42.0 Å². The van der Waals surface area contributed by atoms with E-state index in [0.717, 1.165) is 22.0 Å². The first-order valence-corrected chi connectivity index (χ1v) is 10.5. The molecular formula is C24H22F3N5O. The highest BCUT2D eigenvalue weighted by molar-refractivity contribution is 6.07. The van der Waals surface area contributed by atoms with Crippen LogP contribution in [0.2, 0.25) is 0 Å². The van der Waals surface area contributed by atoms with Gasteiger partial charge in [-0.15, -0.1) is 0 Å². The van der Waals surface area contributed by atoms with Gasteiger partial charge in [0.15, 0.2) is 6.04 Å². The van der Waals surface area contributed by atoms with Crippen LogP contribution >= 0.6 is 0 Å². The fourth-order valence-corrected chi connectivity index (χ4v) is 3.95. The predicted molar refractivity (Wildman–Crippen MR) is 118 cm³/mol. The van der Waals surface area contributed by atoms with E-state index < -0.39 is 24.2 Å². The van der Waals surface area contributed by atoms with Gasteiger partial charge in [-0.25, -0.2) is 4.68 Å². The van der Waals surface area contributed by atoms with Gasteiger partial charge in [-0.2, -0.15) is 23.5 Å². The van der Waals surface area contributed by atoms with Gasteiger partial charge < -0.3 is 10.6 Å². The molecule has 6 nitrogen and oxygen atoms in total. The summed E-state index contributed by atoms with van der Waals surface area (Å²) in [5.74, 6) is -0.529. The van der Waals surface area contributed by atoms with Crippen LogP contribution in [0, 0.1) is 18.3 Å². The van der Waals surface area contributed by atoms with Crippen molar-refractivity contribution in [1.82, 2.24) is 9.78 Å². The Morgan fingerprint density at radius 2 is 2.03 bits per heavy atom. The maximum Gasteiger partial charge on any atom is 0.410 e. The van der Waals surface area contributed by atoms with Gasteiger partial charge in [0, 0.05) is 18.5 Å². The number of fused-ring (bicyclic) bond motifs is 1. The van der Waals surface area contributed by atoms with Gasteiger partial charge in [0.05, 0.1) is 18.3 Å². The molecule has 2 atom stereocenters. The Balaban J connectivity index is 1.63. The number of hydrogen-bond donors (Lipinski definition) is 2. The monoisotopic (exact) mass is 453 g/mol. The molecule has 170 valence electrons. The van der Waals surface area contributed by atoms with E-state index in [9.17, 15) is 18.0 Å². The molecule has 9 heteroatoms. The Morgan fingerprint density at radius 1 is 1.27 bits per heavy atom. The van der Waals surface area contributed by atoms with E-state index >= 15 is 0 Å². The highest BCUT2D eigenvalue weighted by Gasteiger charge is 2.47. The number of anilines is 2. The summed E-state index contributed by atoms with van der Waals surface area (Å²) in [7, 11) is 0. The number of carbonyl (C=O) groups excluding carboxylic acids is 1. The highest BCUT2D eigenvalue weighted by Crippen LogP contribution is 2.44. The zero-order valence-corrected chi connectivity index (χ0v) is 17.9. The molecule has 2 N–H and O–H groups in total. The molecule has 33 heavy (non-hydrogen) atoms. The van der Waals surface area contributed by atoms with Crippen molar-refractivity contribution >= 4 is 17.4 Å². The van der Waals surface area contributed by atoms with Crippen molar-refractivity contribution in [3.8, 4) is 6.07 Å². The van der Waals surface area contributed by atoms with Crippen molar-refractivity contribution in [3.63, 3.8) is 0 Å². The van der Waals surface area contributed by atoms with Crippen molar-refractivity contribution in [2.75, 3.05) is 10.6 Å². The minimum atomic E-state index is -4.52. The maximum absolute atomic E-state index is 13.9. The number of alkyl halides is 3. The Morgan fingerprint density at radius 3 is 2.73 bits per heavy atom. The fourth-order valence-electron chi connectivity index (χ4n) is 3.95. The molecule has 4 rings (SSSR count). The highest BCUT2D eigenvalue weighted by atomic mass is 19.4. The molecule has 0 spiro atoms. The van der Waals surface area contributed by atoms with Crippen LogP contribution in [0.1, 0.15) is 52.0 Å². The summed E-state index contributed by atoms with van der Waals surface area (Å²) in [4.78, 5) is 13.0. The number of aromatic nitrogens is 2. The molecule has 1 aliphatic rings. The number of aryl methyl sites for hydroxylation is 2. The second-order valence-electron chi connectivity index (χ2n) is 8.06. The zero-order chi connectivity index (χ0) is 23.6. The first-order chi connectivity index (χ1) is 15.8. The number of carbonyl (C=O) groups is 1. The molecule has 0 saturated heterocycles. The number of nitriles is 1. The van der Waals surface area contributed by atoms with Crippen LogP contribution in [0.4, 0.5) is 24.7 Å². The Kier molecular flexibility index (Phi) is 6.09. The van der Waals surface area contributed by atoms with Crippen LogP contribution in [-0.4, -0.2) is 21.9 Å². The lowest BCUT2D eigenvalue weighted by Gasteiger charge is -2.34. The molecule has 0 bridgehead atoms. The molecule has 0 fully saturated rings. The SMILES string of the molecule is Cc1ccc([C@@H]2C[C@H](C(F)(F)F)n3ncc(C(=O)Nc4cccc(CCC#N)c4)c3N2)cc1. The van der Waals surface area contributed by atoms with Crippen LogP contribution in [0.3, 0.4) is 0 Å². The van der Waals surface area contributed by atoms with Crippen LogP contribution in [0.15, 0.2) is 54.7 Å². The summed E-state index contributed by atoms with van der Waals surface area (Å²) in [5.41, 5.74) is 3.11. The Labute approximate surface area is 189 Å². The largest absolute Gasteiger partial charge is 0.410 e. The van der Waals surface area contributed by atoms with Crippen molar-refractivity contribution in [2.45, 2.75) is 44.4 Å². The van der Waals surface area contributed by atoms with E-state index in [1.165, 1.54) is 0 Å². The summed E-state index contributed by atoms with van der Waals surface area (Å²) < 4.78 is 42.4. The summed E-state index contributed by atoms with van der Waals surface area (Å²) in [6.45, 7) is 1.91. The molecule has 0 saturated carbocycles. The fraction of sp³-hybridized carbons (Fsp3) is 0.292. The predicted octanol–water partition coefficient (Wildman–Crippen LogP) is 5.56. The molecule has 1 aromatic heterocycles. The molecular weight excluding hydrogens is 431 g/mol. The lowest BCUT2D eigenvalue weighted by atomic mass is 9.96.